The number of aliphatic hydroxyl groups excluding tert-OH is 1. The average molecular weight is 367 g/mol. The van der Waals surface area contributed by atoms with E-state index < -0.39 is 30.2 Å². The quantitative estimate of drug-likeness (QED) is 0.783. The first kappa shape index (κ1) is 17.5. The van der Waals surface area contributed by atoms with Crippen molar-refractivity contribution in [2.45, 2.75) is 37.4 Å². The highest BCUT2D eigenvalue weighted by Gasteiger charge is 2.63. The van der Waals surface area contributed by atoms with Crippen molar-refractivity contribution in [3.05, 3.63) is 12.7 Å². The van der Waals surface area contributed by atoms with Crippen molar-refractivity contribution in [3.8, 4) is 0 Å². The first-order valence-electron chi connectivity index (χ1n) is 8.55. The molecule has 0 aliphatic carbocycles. The lowest BCUT2D eigenvalue weighted by Crippen LogP contribution is -2.51. The van der Waals surface area contributed by atoms with Crippen molar-refractivity contribution in [1.29, 1.82) is 0 Å². The molecule has 2 aliphatic rings. The van der Waals surface area contributed by atoms with Gasteiger partial charge in [0.05, 0.1) is 26.1 Å². The van der Waals surface area contributed by atoms with Crippen molar-refractivity contribution in [2.75, 3.05) is 37.8 Å². The second-order valence-corrected chi connectivity index (χ2v) is 7.00. The molecule has 10 heteroatoms. The van der Waals surface area contributed by atoms with E-state index in [0.29, 0.717) is 43.3 Å². The molecule has 142 valence electrons. The molecule has 2 N–H and O–H groups in total. The largest absolute Gasteiger partial charge is 0.394 e. The van der Waals surface area contributed by atoms with Gasteiger partial charge in [0.25, 0.3) is 0 Å². The number of hydrogen-bond donors (Lipinski definition) is 2. The van der Waals surface area contributed by atoms with Crippen LogP contribution in [0.3, 0.4) is 0 Å². The minimum absolute atomic E-state index is 0.407. The first-order valence-corrected chi connectivity index (χ1v) is 8.55. The van der Waals surface area contributed by atoms with Gasteiger partial charge in [0.15, 0.2) is 28.9 Å². The Bertz CT molecular complexity index is 805. The van der Waals surface area contributed by atoms with E-state index in [4.69, 9.17) is 9.47 Å². The molecule has 0 saturated carbocycles. The number of fused-ring (bicyclic) bond motifs is 1. The summed E-state index contributed by atoms with van der Waals surface area (Å²) in [4.78, 5) is 15.0. The third-order valence-corrected chi connectivity index (χ3v) is 5.44. The maximum absolute atomic E-state index is 15.4. The Balaban J connectivity index is 1.77. The highest BCUT2D eigenvalue weighted by atomic mass is 19.1. The number of hydrogen-bond acceptors (Lipinski definition) is 8. The molecule has 26 heavy (non-hydrogen) atoms. The molecule has 2 saturated heterocycles. The fourth-order valence-electron chi connectivity index (χ4n) is 3.55. The molecular weight excluding hydrogens is 345 g/mol. The van der Waals surface area contributed by atoms with Gasteiger partial charge >= 0.3 is 0 Å². The Hall–Kier alpha value is -1.88. The molecule has 4 rings (SSSR count). The van der Waals surface area contributed by atoms with Gasteiger partial charge in [0, 0.05) is 13.1 Å². The maximum atomic E-state index is 15.4. The second-order valence-electron chi connectivity index (χ2n) is 7.00. The van der Waals surface area contributed by atoms with Crippen molar-refractivity contribution in [2.24, 2.45) is 0 Å². The Morgan fingerprint density at radius 3 is 2.65 bits per heavy atom. The number of aliphatic hydroxyl groups is 2. The van der Waals surface area contributed by atoms with E-state index in [1.807, 2.05) is 4.90 Å². The molecule has 0 aromatic carbocycles. The maximum Gasteiger partial charge on any atom is 0.183 e. The minimum Gasteiger partial charge on any atom is -0.394 e. The Labute approximate surface area is 149 Å². The summed E-state index contributed by atoms with van der Waals surface area (Å²) in [6.07, 6.45) is 0.603. The van der Waals surface area contributed by atoms with E-state index in [0.717, 1.165) is 0 Å². The predicted molar refractivity (Wildman–Crippen MR) is 89.5 cm³/mol. The van der Waals surface area contributed by atoms with Crippen molar-refractivity contribution >= 4 is 17.0 Å². The molecule has 2 aliphatic heterocycles. The Morgan fingerprint density at radius 1 is 1.27 bits per heavy atom. The topological polar surface area (TPSA) is 106 Å². The van der Waals surface area contributed by atoms with Crippen molar-refractivity contribution < 1.29 is 24.1 Å². The normalized spacial score (nSPS) is 35.3. The van der Waals surface area contributed by atoms with Gasteiger partial charge in [-0.15, -0.1) is 0 Å². The monoisotopic (exact) mass is 367 g/mol. The lowest BCUT2D eigenvalue weighted by Gasteiger charge is -2.32. The number of morpholine rings is 1. The third-order valence-electron chi connectivity index (χ3n) is 5.44. The zero-order chi connectivity index (χ0) is 18.5. The summed E-state index contributed by atoms with van der Waals surface area (Å²) in [6, 6.07) is 0. The molecule has 2 aromatic rings. The molecule has 0 amide bonds. The predicted octanol–water partition coefficient (Wildman–Crippen LogP) is 0.0318. The summed E-state index contributed by atoms with van der Waals surface area (Å²) >= 11 is 0. The van der Waals surface area contributed by atoms with Gasteiger partial charge in [-0.25, -0.2) is 19.3 Å². The zero-order valence-corrected chi connectivity index (χ0v) is 14.7. The van der Waals surface area contributed by atoms with E-state index in [2.05, 4.69) is 15.0 Å². The SMILES string of the molecule is C[C@]1(O)[C@@H](CO)O[C@H](n2cnc3c(N4CCOCC4)ncnc32)[C@]1(C)F. The van der Waals surface area contributed by atoms with Crippen LogP contribution in [0.15, 0.2) is 12.7 Å². The van der Waals surface area contributed by atoms with Crippen LogP contribution in [0.4, 0.5) is 10.2 Å². The molecule has 9 nitrogen and oxygen atoms in total. The van der Waals surface area contributed by atoms with Crippen molar-refractivity contribution in [1.82, 2.24) is 19.5 Å². The van der Waals surface area contributed by atoms with Crippen molar-refractivity contribution in [3.63, 3.8) is 0 Å². The molecule has 0 bridgehead atoms. The summed E-state index contributed by atoms with van der Waals surface area (Å²) in [6.45, 7) is 4.64. The van der Waals surface area contributed by atoms with E-state index in [1.165, 1.54) is 31.1 Å². The number of halogens is 1. The summed E-state index contributed by atoms with van der Waals surface area (Å²) in [5, 5.41) is 20.0. The van der Waals surface area contributed by atoms with Crippen LogP contribution in [0.1, 0.15) is 20.1 Å². The highest BCUT2D eigenvalue weighted by Crippen LogP contribution is 2.48. The number of rotatable bonds is 3. The van der Waals surface area contributed by atoms with Gasteiger partial charge < -0.3 is 24.6 Å². The Morgan fingerprint density at radius 2 is 2.00 bits per heavy atom. The Kier molecular flexibility index (Phi) is 4.10. The smallest absolute Gasteiger partial charge is 0.183 e. The molecule has 0 spiro atoms. The minimum atomic E-state index is -2.15. The highest BCUT2D eigenvalue weighted by molar-refractivity contribution is 5.83. The van der Waals surface area contributed by atoms with E-state index in [9.17, 15) is 10.2 Å². The van der Waals surface area contributed by atoms with Gasteiger partial charge in [0.2, 0.25) is 0 Å². The van der Waals surface area contributed by atoms with Gasteiger partial charge in [-0.2, -0.15) is 0 Å². The van der Waals surface area contributed by atoms with Crippen LogP contribution in [0, 0.1) is 0 Å². The number of alkyl halides is 1. The molecule has 4 atom stereocenters. The van der Waals surface area contributed by atoms with E-state index in [1.54, 1.807) is 0 Å². The van der Waals surface area contributed by atoms with E-state index >= 15 is 4.39 Å². The molecular formula is C16H22FN5O4. The average Bonchev–Trinajstić information content (AvgIpc) is 3.13. The first-order chi connectivity index (χ1) is 12.4. The number of anilines is 1. The third kappa shape index (κ3) is 2.40. The van der Waals surface area contributed by atoms with E-state index in [-0.39, 0.29) is 0 Å². The summed E-state index contributed by atoms with van der Waals surface area (Å²) in [5.74, 6) is 0.654. The van der Waals surface area contributed by atoms with Gasteiger partial charge in [-0.1, -0.05) is 0 Å². The van der Waals surface area contributed by atoms with Gasteiger partial charge in [0.1, 0.15) is 18.0 Å². The molecule has 2 aromatic heterocycles. The summed E-state index contributed by atoms with van der Waals surface area (Å²) in [7, 11) is 0. The van der Waals surface area contributed by atoms with Crippen LogP contribution in [0.25, 0.3) is 11.2 Å². The van der Waals surface area contributed by atoms with Crippen LogP contribution in [0.2, 0.25) is 0 Å². The second kappa shape index (κ2) is 6.08. The number of ether oxygens (including phenoxy) is 2. The van der Waals surface area contributed by atoms with Gasteiger partial charge in [-0.3, -0.25) is 4.57 Å². The summed E-state index contributed by atoms with van der Waals surface area (Å²) < 4.78 is 27.9. The summed E-state index contributed by atoms with van der Waals surface area (Å²) in [5.41, 5.74) is -3.08. The van der Waals surface area contributed by atoms with Crippen LogP contribution in [-0.2, 0) is 9.47 Å². The van der Waals surface area contributed by atoms with Crippen LogP contribution in [0.5, 0.6) is 0 Å². The molecule has 2 fully saturated rings. The van der Waals surface area contributed by atoms with Gasteiger partial charge in [-0.05, 0) is 13.8 Å². The standard InChI is InChI=1S/C16H22FN5O4/c1-15(17)14(26-10(7-23)16(15,2)24)22-9-20-11-12(18-8-19-13(11)22)21-3-5-25-6-4-21/h8-10,14,23-24H,3-7H2,1-2H3/t10-,14+,15+,16+/m1/s1. The zero-order valence-electron chi connectivity index (χ0n) is 14.7. The molecule has 0 unspecified atom stereocenters. The lowest BCUT2D eigenvalue weighted by atomic mass is 9.85. The number of imidazole rings is 1. The molecule has 0 radical (unpaired) electrons. The number of aromatic nitrogens is 4. The lowest BCUT2D eigenvalue weighted by molar-refractivity contribution is -0.0891. The molecule has 4 heterocycles. The fourth-order valence-corrected chi connectivity index (χ4v) is 3.55. The fraction of sp³-hybridized carbons (Fsp3) is 0.688. The van der Waals surface area contributed by atoms with Crippen LogP contribution < -0.4 is 4.90 Å². The van der Waals surface area contributed by atoms with Crippen LogP contribution in [-0.4, -0.2) is 80.0 Å². The van der Waals surface area contributed by atoms with Crippen LogP contribution >= 0.6 is 0 Å². The number of nitrogens with zero attached hydrogens (tertiary/aromatic N) is 5.